The van der Waals surface area contributed by atoms with Gasteiger partial charge in [-0.15, -0.1) is 0 Å². The molecule has 0 spiro atoms. The van der Waals surface area contributed by atoms with Gasteiger partial charge in [-0.05, 0) is 48.0 Å². The van der Waals surface area contributed by atoms with Gasteiger partial charge in [-0.2, -0.15) is 10.2 Å². The molecule has 27 heavy (non-hydrogen) atoms. The second kappa shape index (κ2) is 8.70. The lowest BCUT2D eigenvalue weighted by Crippen LogP contribution is -2.17. The lowest BCUT2D eigenvalue weighted by molar-refractivity contribution is 0.0955. The largest absolute Gasteiger partial charge is 0.496 e. The fourth-order valence-electron chi connectivity index (χ4n) is 2.43. The molecule has 0 aliphatic heterocycles. The van der Waals surface area contributed by atoms with Gasteiger partial charge in [-0.25, -0.2) is 5.43 Å². The first-order valence-electron chi connectivity index (χ1n) is 7.99. The van der Waals surface area contributed by atoms with Gasteiger partial charge < -0.3 is 4.74 Å². The van der Waals surface area contributed by atoms with Crippen LogP contribution in [-0.4, -0.2) is 29.0 Å². The minimum absolute atomic E-state index is 0.317. The van der Waals surface area contributed by atoms with Crippen LogP contribution < -0.4 is 10.2 Å². The summed E-state index contributed by atoms with van der Waals surface area (Å²) in [5.74, 6) is 0.409. The van der Waals surface area contributed by atoms with E-state index in [9.17, 15) is 4.79 Å². The highest BCUT2D eigenvalue weighted by molar-refractivity contribution is 6.30. The average molecular weight is 403 g/mol. The number of methoxy groups -OCH3 is 1. The molecule has 2 aromatic carbocycles. The number of carbonyl (C=O) groups excluding carboxylic acids is 1. The number of carbonyl (C=O) groups is 1. The maximum Gasteiger partial charge on any atom is 0.271 e. The Morgan fingerprint density at radius 1 is 1.22 bits per heavy atom. The number of rotatable bonds is 6. The fourth-order valence-corrected chi connectivity index (χ4v) is 2.72. The van der Waals surface area contributed by atoms with Crippen LogP contribution in [0.25, 0.3) is 0 Å². The van der Waals surface area contributed by atoms with Crippen LogP contribution in [0.3, 0.4) is 0 Å². The number of hydrogen-bond acceptors (Lipinski definition) is 4. The Morgan fingerprint density at radius 2 is 2.00 bits per heavy atom. The predicted molar refractivity (Wildman–Crippen MR) is 106 cm³/mol. The number of hydrazone groups is 1. The first kappa shape index (κ1) is 18.9. The quantitative estimate of drug-likeness (QED) is 0.500. The summed E-state index contributed by atoms with van der Waals surface area (Å²) >= 11 is 11.7. The third kappa shape index (κ3) is 5.09. The van der Waals surface area contributed by atoms with Crippen molar-refractivity contribution in [3.05, 3.63) is 81.6 Å². The molecule has 138 valence electrons. The maximum atomic E-state index is 12.0. The molecular weight excluding hydrogens is 387 g/mol. The van der Waals surface area contributed by atoms with Gasteiger partial charge in [0.05, 0.1) is 31.1 Å². The van der Waals surface area contributed by atoms with E-state index >= 15 is 0 Å². The summed E-state index contributed by atoms with van der Waals surface area (Å²) in [7, 11) is 1.61. The topological polar surface area (TPSA) is 68.5 Å². The van der Waals surface area contributed by atoms with Gasteiger partial charge in [0.15, 0.2) is 0 Å². The zero-order chi connectivity index (χ0) is 19.2. The van der Waals surface area contributed by atoms with Crippen LogP contribution in [0.1, 0.15) is 21.5 Å². The van der Waals surface area contributed by atoms with Gasteiger partial charge in [0.1, 0.15) is 5.75 Å². The van der Waals surface area contributed by atoms with Gasteiger partial charge in [0.2, 0.25) is 0 Å². The second-order valence-electron chi connectivity index (χ2n) is 5.63. The molecule has 8 heteroatoms. The van der Waals surface area contributed by atoms with E-state index in [1.165, 1.54) is 0 Å². The smallest absolute Gasteiger partial charge is 0.271 e. The summed E-state index contributed by atoms with van der Waals surface area (Å²) in [5, 5.41) is 9.31. The van der Waals surface area contributed by atoms with Crippen molar-refractivity contribution in [2.24, 2.45) is 5.10 Å². The summed E-state index contributed by atoms with van der Waals surface area (Å²) in [6, 6.07) is 12.2. The summed E-state index contributed by atoms with van der Waals surface area (Å²) in [5.41, 5.74) is 4.68. The Kier molecular flexibility index (Phi) is 6.11. The summed E-state index contributed by atoms with van der Waals surface area (Å²) < 4.78 is 7.10. The molecule has 0 fully saturated rings. The van der Waals surface area contributed by atoms with Gasteiger partial charge in [0.25, 0.3) is 5.91 Å². The van der Waals surface area contributed by atoms with Gasteiger partial charge >= 0.3 is 0 Å². The molecule has 0 aliphatic carbocycles. The Bertz CT molecular complexity index is 968. The van der Waals surface area contributed by atoms with Crippen LogP contribution >= 0.6 is 23.2 Å². The van der Waals surface area contributed by atoms with Crippen molar-refractivity contribution in [2.75, 3.05) is 7.11 Å². The molecule has 3 aromatic rings. The minimum Gasteiger partial charge on any atom is -0.496 e. The molecule has 0 unspecified atom stereocenters. The van der Waals surface area contributed by atoms with E-state index in [1.807, 2.05) is 18.2 Å². The molecule has 0 saturated carbocycles. The van der Waals surface area contributed by atoms with Crippen molar-refractivity contribution < 1.29 is 9.53 Å². The van der Waals surface area contributed by atoms with Gasteiger partial charge in [-0.1, -0.05) is 23.2 Å². The lowest BCUT2D eigenvalue weighted by Gasteiger charge is -2.09. The number of aromatic nitrogens is 2. The Morgan fingerprint density at radius 3 is 2.67 bits per heavy atom. The van der Waals surface area contributed by atoms with Crippen LogP contribution in [-0.2, 0) is 6.54 Å². The molecule has 3 rings (SSSR count). The van der Waals surface area contributed by atoms with Crippen LogP contribution in [0, 0.1) is 0 Å². The van der Waals surface area contributed by atoms with E-state index < -0.39 is 0 Å². The Hall–Kier alpha value is -2.83. The fraction of sp³-hybridized carbons (Fsp3) is 0.105. The number of amides is 1. The number of hydrogen-bond donors (Lipinski definition) is 1. The normalized spacial score (nSPS) is 10.9. The second-order valence-corrected chi connectivity index (χ2v) is 6.51. The van der Waals surface area contributed by atoms with Crippen molar-refractivity contribution in [3.63, 3.8) is 0 Å². The van der Waals surface area contributed by atoms with Crippen molar-refractivity contribution in [2.45, 2.75) is 6.54 Å². The van der Waals surface area contributed by atoms with E-state index in [0.717, 1.165) is 16.9 Å². The average Bonchev–Trinajstić information content (AvgIpc) is 3.07. The zero-order valence-electron chi connectivity index (χ0n) is 14.4. The SMILES string of the molecule is COc1ccc(/C=N/NC(=O)c2ccc(Cl)cc2)cc1Cn1cc(Cl)cn1. The minimum atomic E-state index is -0.317. The first-order valence-corrected chi connectivity index (χ1v) is 8.74. The van der Waals surface area contributed by atoms with E-state index in [-0.39, 0.29) is 5.91 Å². The molecule has 1 heterocycles. The van der Waals surface area contributed by atoms with Crippen molar-refractivity contribution in [3.8, 4) is 5.75 Å². The summed E-state index contributed by atoms with van der Waals surface area (Å²) in [6.07, 6.45) is 4.87. The summed E-state index contributed by atoms with van der Waals surface area (Å²) in [6.45, 7) is 0.495. The number of nitrogens with one attached hydrogen (secondary N) is 1. The van der Waals surface area contributed by atoms with Gasteiger partial charge in [-0.3, -0.25) is 9.48 Å². The van der Waals surface area contributed by atoms with E-state index in [4.69, 9.17) is 27.9 Å². The standard InChI is InChI=1S/C19H16Cl2N4O2/c1-27-18-7-2-13(8-15(18)11-25-12-17(21)10-23-25)9-22-24-19(26)14-3-5-16(20)6-4-14/h2-10,12H,11H2,1H3,(H,24,26)/b22-9+. The molecule has 1 aromatic heterocycles. The molecule has 0 radical (unpaired) electrons. The van der Waals surface area contributed by atoms with Crippen LogP contribution in [0.4, 0.5) is 0 Å². The van der Waals surface area contributed by atoms with E-state index in [0.29, 0.717) is 22.2 Å². The highest BCUT2D eigenvalue weighted by Crippen LogP contribution is 2.21. The monoisotopic (exact) mass is 402 g/mol. The zero-order valence-corrected chi connectivity index (χ0v) is 15.9. The van der Waals surface area contributed by atoms with E-state index in [1.54, 1.807) is 54.7 Å². The van der Waals surface area contributed by atoms with Crippen molar-refractivity contribution in [1.29, 1.82) is 0 Å². The molecule has 0 bridgehead atoms. The predicted octanol–water partition coefficient (Wildman–Crippen LogP) is 4.01. The molecular formula is C19H16Cl2N4O2. The van der Waals surface area contributed by atoms with Crippen LogP contribution in [0.15, 0.2) is 60.0 Å². The van der Waals surface area contributed by atoms with Crippen molar-refractivity contribution >= 4 is 35.3 Å². The van der Waals surface area contributed by atoms with Crippen LogP contribution in [0.2, 0.25) is 10.0 Å². The van der Waals surface area contributed by atoms with Crippen molar-refractivity contribution in [1.82, 2.24) is 15.2 Å². The summed E-state index contributed by atoms with van der Waals surface area (Å²) in [4.78, 5) is 12.0. The molecule has 0 saturated heterocycles. The number of halogens is 2. The van der Waals surface area contributed by atoms with E-state index in [2.05, 4.69) is 15.6 Å². The highest BCUT2D eigenvalue weighted by Gasteiger charge is 2.07. The molecule has 0 atom stereocenters. The molecule has 1 N–H and O–H groups in total. The Labute approximate surface area is 166 Å². The third-order valence-corrected chi connectivity index (χ3v) is 4.17. The third-order valence-electron chi connectivity index (χ3n) is 3.72. The molecule has 0 aliphatic rings. The van der Waals surface area contributed by atoms with Crippen LogP contribution in [0.5, 0.6) is 5.75 Å². The Balaban J connectivity index is 1.70. The highest BCUT2D eigenvalue weighted by atomic mass is 35.5. The first-order chi connectivity index (χ1) is 13.0. The number of nitrogens with zero attached hydrogens (tertiary/aromatic N) is 3. The lowest BCUT2D eigenvalue weighted by atomic mass is 10.1. The van der Waals surface area contributed by atoms with Gasteiger partial charge in [0, 0.05) is 22.3 Å². The number of ether oxygens (including phenoxy) is 1. The number of benzene rings is 2. The molecule has 6 nitrogen and oxygen atoms in total. The molecule has 1 amide bonds. The maximum absolute atomic E-state index is 12.0.